The van der Waals surface area contributed by atoms with Gasteiger partial charge >= 0.3 is 0 Å². The first kappa shape index (κ1) is 12.1. The molecule has 19 heavy (non-hydrogen) atoms. The van der Waals surface area contributed by atoms with E-state index in [0.29, 0.717) is 10.6 Å². The number of anilines is 1. The van der Waals surface area contributed by atoms with Crippen LogP contribution < -0.4 is 5.73 Å². The maximum Gasteiger partial charge on any atom is 0.269 e. The maximum atomic E-state index is 12.3. The lowest BCUT2D eigenvalue weighted by Crippen LogP contribution is -2.29. The molecule has 3 rings (SSSR count). The number of nitrogen functional groups attached to an aromatic ring is 1. The molecule has 2 heterocycles. The van der Waals surface area contributed by atoms with Crippen molar-refractivity contribution in [3.8, 4) is 0 Å². The smallest absolute Gasteiger partial charge is 0.269 e. The van der Waals surface area contributed by atoms with Crippen molar-refractivity contribution in [1.82, 2.24) is 9.29 Å². The molecular formula is C11H9N3O3S2. The van der Waals surface area contributed by atoms with Gasteiger partial charge < -0.3 is 5.73 Å². The summed E-state index contributed by atoms with van der Waals surface area (Å²) in [6.07, 6.45) is 1.55. The van der Waals surface area contributed by atoms with E-state index in [-0.39, 0.29) is 17.0 Å². The summed E-state index contributed by atoms with van der Waals surface area (Å²) in [6, 6.07) is 4.27. The van der Waals surface area contributed by atoms with Gasteiger partial charge in [-0.25, -0.2) is 12.7 Å². The summed E-state index contributed by atoms with van der Waals surface area (Å²) in [5.41, 5.74) is 7.65. The van der Waals surface area contributed by atoms with Crippen LogP contribution in [0.15, 0.2) is 34.8 Å². The van der Waals surface area contributed by atoms with E-state index in [1.807, 2.05) is 0 Å². The van der Waals surface area contributed by atoms with E-state index in [9.17, 15) is 13.2 Å². The van der Waals surface area contributed by atoms with Gasteiger partial charge in [0.2, 0.25) is 0 Å². The van der Waals surface area contributed by atoms with Crippen molar-refractivity contribution in [2.24, 2.45) is 0 Å². The van der Waals surface area contributed by atoms with Crippen molar-refractivity contribution in [3.05, 3.63) is 40.3 Å². The minimum Gasteiger partial charge on any atom is -0.399 e. The molecule has 2 aromatic rings. The maximum absolute atomic E-state index is 12.3. The van der Waals surface area contributed by atoms with E-state index >= 15 is 0 Å². The number of nitrogens with two attached hydrogens (primary N) is 1. The number of benzene rings is 1. The van der Waals surface area contributed by atoms with Crippen LogP contribution in [0.3, 0.4) is 0 Å². The predicted octanol–water partition coefficient (Wildman–Crippen LogP) is 1.07. The fourth-order valence-electron chi connectivity index (χ4n) is 1.91. The third-order valence-electron chi connectivity index (χ3n) is 2.81. The second-order valence-corrected chi connectivity index (χ2v) is 6.84. The van der Waals surface area contributed by atoms with Crippen LogP contribution in [0.5, 0.6) is 0 Å². The number of carbonyl (C=O) groups excluding carboxylic acids is 1. The number of rotatable bonds is 2. The van der Waals surface area contributed by atoms with Crippen molar-refractivity contribution < 1.29 is 13.2 Å². The molecule has 0 saturated carbocycles. The monoisotopic (exact) mass is 295 g/mol. The number of amides is 1. The van der Waals surface area contributed by atoms with E-state index < -0.39 is 15.9 Å². The van der Waals surface area contributed by atoms with Crippen molar-refractivity contribution in [3.63, 3.8) is 0 Å². The van der Waals surface area contributed by atoms with Crippen LogP contribution in [-0.2, 0) is 16.6 Å². The van der Waals surface area contributed by atoms with Gasteiger partial charge in [0.15, 0.2) is 0 Å². The molecule has 0 bridgehead atoms. The molecule has 0 atom stereocenters. The standard InChI is InChI=1S/C11H9N3O3S2/c12-7-1-2-9-10(3-7)19(16,17)14(11(9)15)5-8-4-13-6-18-8/h1-4,6H,5,12H2. The molecule has 1 aliphatic rings. The highest BCUT2D eigenvalue weighted by Gasteiger charge is 2.41. The Morgan fingerprint density at radius 1 is 1.37 bits per heavy atom. The Kier molecular flexibility index (Phi) is 2.58. The zero-order valence-electron chi connectivity index (χ0n) is 9.61. The fourth-order valence-corrected chi connectivity index (χ4v) is 4.16. The molecule has 98 valence electrons. The van der Waals surface area contributed by atoms with Gasteiger partial charge in [-0.05, 0) is 18.2 Å². The minimum atomic E-state index is -3.81. The highest BCUT2D eigenvalue weighted by atomic mass is 32.2. The van der Waals surface area contributed by atoms with E-state index in [1.165, 1.54) is 29.5 Å². The van der Waals surface area contributed by atoms with Gasteiger partial charge in [-0.3, -0.25) is 9.78 Å². The third-order valence-corrected chi connectivity index (χ3v) is 5.35. The first-order valence-electron chi connectivity index (χ1n) is 5.34. The third kappa shape index (κ3) is 1.80. The van der Waals surface area contributed by atoms with E-state index in [1.54, 1.807) is 11.7 Å². The average Bonchev–Trinajstić information content (AvgIpc) is 2.92. The van der Waals surface area contributed by atoms with Gasteiger partial charge in [0.05, 0.1) is 17.6 Å². The average molecular weight is 295 g/mol. The SMILES string of the molecule is Nc1ccc2c(c1)S(=O)(=O)N(Cc1cncs1)C2=O. The Bertz CT molecular complexity index is 753. The number of hydrogen-bond acceptors (Lipinski definition) is 6. The lowest BCUT2D eigenvalue weighted by molar-refractivity contribution is 0.0866. The second-order valence-electron chi connectivity index (χ2n) is 4.04. The zero-order chi connectivity index (χ0) is 13.6. The number of nitrogens with zero attached hydrogens (tertiary/aromatic N) is 2. The molecule has 1 aromatic heterocycles. The highest BCUT2D eigenvalue weighted by Crippen LogP contribution is 2.33. The van der Waals surface area contributed by atoms with Gasteiger partial charge in [-0.2, -0.15) is 0 Å². The first-order chi connectivity index (χ1) is 9.00. The molecule has 1 aromatic carbocycles. The Hall–Kier alpha value is -1.93. The fraction of sp³-hybridized carbons (Fsp3) is 0.0909. The van der Waals surface area contributed by atoms with Crippen LogP contribution in [0.4, 0.5) is 5.69 Å². The Balaban J connectivity index is 2.08. The number of thiazole rings is 1. The van der Waals surface area contributed by atoms with Gasteiger partial charge in [0, 0.05) is 16.8 Å². The minimum absolute atomic E-state index is 0.000415. The van der Waals surface area contributed by atoms with E-state index in [4.69, 9.17) is 5.73 Å². The first-order valence-corrected chi connectivity index (χ1v) is 7.66. The highest BCUT2D eigenvalue weighted by molar-refractivity contribution is 7.90. The Labute approximate surface area is 113 Å². The molecule has 0 radical (unpaired) electrons. The molecule has 8 heteroatoms. The lowest BCUT2D eigenvalue weighted by Gasteiger charge is -2.13. The molecule has 0 saturated heterocycles. The van der Waals surface area contributed by atoms with Crippen LogP contribution >= 0.6 is 11.3 Å². The molecule has 0 aliphatic carbocycles. The molecule has 0 unspecified atom stereocenters. The molecule has 2 N–H and O–H groups in total. The summed E-state index contributed by atoms with van der Waals surface area (Å²) in [4.78, 5) is 16.7. The van der Waals surface area contributed by atoms with Crippen LogP contribution in [0.2, 0.25) is 0 Å². The normalized spacial score (nSPS) is 16.6. The number of carbonyl (C=O) groups is 1. The van der Waals surface area contributed by atoms with Gasteiger partial charge in [-0.15, -0.1) is 11.3 Å². The molecule has 1 aliphatic heterocycles. The van der Waals surface area contributed by atoms with Crippen molar-refractivity contribution in [1.29, 1.82) is 0 Å². The topological polar surface area (TPSA) is 93.4 Å². The molecule has 0 fully saturated rings. The second kappa shape index (κ2) is 4.04. The van der Waals surface area contributed by atoms with Crippen molar-refractivity contribution >= 4 is 33.0 Å². The molecule has 0 spiro atoms. The number of hydrogen-bond donors (Lipinski definition) is 1. The van der Waals surface area contributed by atoms with Gasteiger partial charge in [0.25, 0.3) is 15.9 Å². The summed E-state index contributed by atoms with van der Waals surface area (Å²) >= 11 is 1.30. The Morgan fingerprint density at radius 3 is 2.84 bits per heavy atom. The Morgan fingerprint density at radius 2 is 2.16 bits per heavy atom. The van der Waals surface area contributed by atoms with Crippen LogP contribution in [0, 0.1) is 0 Å². The van der Waals surface area contributed by atoms with Gasteiger partial charge in [-0.1, -0.05) is 0 Å². The van der Waals surface area contributed by atoms with Crippen LogP contribution in [-0.4, -0.2) is 23.6 Å². The summed E-state index contributed by atoms with van der Waals surface area (Å²) in [7, 11) is -3.81. The lowest BCUT2D eigenvalue weighted by atomic mass is 10.2. The van der Waals surface area contributed by atoms with Crippen molar-refractivity contribution in [2.75, 3.05) is 5.73 Å². The number of sulfonamides is 1. The number of aromatic nitrogens is 1. The van der Waals surface area contributed by atoms with E-state index in [2.05, 4.69) is 4.98 Å². The van der Waals surface area contributed by atoms with E-state index in [0.717, 1.165) is 4.31 Å². The summed E-state index contributed by atoms with van der Waals surface area (Å²) in [5, 5.41) is 0. The van der Waals surface area contributed by atoms with Crippen LogP contribution in [0.25, 0.3) is 0 Å². The van der Waals surface area contributed by atoms with Crippen molar-refractivity contribution in [2.45, 2.75) is 11.4 Å². The van der Waals surface area contributed by atoms with Gasteiger partial charge in [0.1, 0.15) is 4.90 Å². The summed E-state index contributed by atoms with van der Waals surface area (Å²) in [5.74, 6) is -0.525. The molecule has 1 amide bonds. The molecular weight excluding hydrogens is 286 g/mol. The summed E-state index contributed by atoms with van der Waals surface area (Å²) in [6.45, 7) is 0.000415. The van der Waals surface area contributed by atoms with Crippen LogP contribution in [0.1, 0.15) is 15.2 Å². The summed E-state index contributed by atoms with van der Waals surface area (Å²) < 4.78 is 25.5. The predicted molar refractivity (Wildman–Crippen MR) is 70.0 cm³/mol. The quantitative estimate of drug-likeness (QED) is 0.836. The molecule has 6 nitrogen and oxygen atoms in total. The zero-order valence-corrected chi connectivity index (χ0v) is 11.2. The largest absolute Gasteiger partial charge is 0.399 e. The number of fused-ring (bicyclic) bond motifs is 1.